The van der Waals surface area contributed by atoms with Crippen LogP contribution in [0.25, 0.3) is 0 Å². The zero-order valence-electron chi connectivity index (χ0n) is 13.6. The standard InChI is InChI=1S/C18H30N2/c1-15(2)13-16-5-7-17(8-6-16)18(3,4)14-20-11-9-19-10-12-20/h5-8,15,19H,9-14H2,1-4H3. The van der Waals surface area contributed by atoms with Crippen LogP contribution in [0.3, 0.4) is 0 Å². The van der Waals surface area contributed by atoms with E-state index in [2.05, 4.69) is 62.2 Å². The highest BCUT2D eigenvalue weighted by atomic mass is 15.2. The van der Waals surface area contributed by atoms with Gasteiger partial charge in [-0.1, -0.05) is 52.0 Å². The molecule has 2 rings (SSSR count). The van der Waals surface area contributed by atoms with Gasteiger partial charge in [-0.2, -0.15) is 0 Å². The van der Waals surface area contributed by atoms with Crippen LogP contribution in [0.5, 0.6) is 0 Å². The molecule has 2 heteroatoms. The molecule has 0 aliphatic carbocycles. The number of piperazine rings is 1. The summed E-state index contributed by atoms with van der Waals surface area (Å²) in [6.07, 6.45) is 1.18. The molecule has 1 aromatic rings. The molecule has 1 aromatic carbocycles. The summed E-state index contributed by atoms with van der Waals surface area (Å²) in [4.78, 5) is 2.58. The first-order valence-electron chi connectivity index (χ1n) is 8.00. The summed E-state index contributed by atoms with van der Waals surface area (Å²) in [7, 11) is 0. The maximum atomic E-state index is 3.42. The number of hydrogen-bond acceptors (Lipinski definition) is 2. The van der Waals surface area contributed by atoms with E-state index in [9.17, 15) is 0 Å². The minimum absolute atomic E-state index is 0.230. The second-order valence-electron chi connectivity index (χ2n) is 7.20. The lowest BCUT2D eigenvalue weighted by molar-refractivity contribution is 0.200. The third kappa shape index (κ3) is 4.32. The van der Waals surface area contributed by atoms with E-state index in [0.29, 0.717) is 0 Å². The maximum absolute atomic E-state index is 3.42. The van der Waals surface area contributed by atoms with Crippen molar-refractivity contribution < 1.29 is 0 Å². The van der Waals surface area contributed by atoms with E-state index in [-0.39, 0.29) is 5.41 Å². The monoisotopic (exact) mass is 274 g/mol. The van der Waals surface area contributed by atoms with Crippen molar-refractivity contribution in [3.63, 3.8) is 0 Å². The molecule has 112 valence electrons. The van der Waals surface area contributed by atoms with Crippen molar-refractivity contribution in [2.75, 3.05) is 32.7 Å². The van der Waals surface area contributed by atoms with Crippen molar-refractivity contribution in [3.8, 4) is 0 Å². The zero-order chi connectivity index (χ0) is 14.6. The van der Waals surface area contributed by atoms with Crippen molar-refractivity contribution in [1.82, 2.24) is 10.2 Å². The van der Waals surface area contributed by atoms with E-state index in [0.717, 1.165) is 25.6 Å². The first-order valence-corrected chi connectivity index (χ1v) is 8.00. The van der Waals surface area contributed by atoms with Crippen molar-refractivity contribution in [2.45, 2.75) is 39.5 Å². The molecule has 0 amide bonds. The summed E-state index contributed by atoms with van der Waals surface area (Å²) in [5, 5.41) is 3.42. The van der Waals surface area contributed by atoms with Crippen molar-refractivity contribution in [3.05, 3.63) is 35.4 Å². The number of benzene rings is 1. The summed E-state index contributed by atoms with van der Waals surface area (Å²) in [5.41, 5.74) is 3.15. The van der Waals surface area contributed by atoms with Gasteiger partial charge in [0.1, 0.15) is 0 Å². The SMILES string of the molecule is CC(C)Cc1ccc(C(C)(C)CN2CCNCC2)cc1. The summed E-state index contributed by atoms with van der Waals surface area (Å²) in [6.45, 7) is 15.1. The number of rotatable bonds is 5. The van der Waals surface area contributed by atoms with E-state index >= 15 is 0 Å². The lowest BCUT2D eigenvalue weighted by atomic mass is 9.83. The minimum Gasteiger partial charge on any atom is -0.314 e. The van der Waals surface area contributed by atoms with Crippen LogP contribution in [0.15, 0.2) is 24.3 Å². The Labute approximate surface area is 124 Å². The van der Waals surface area contributed by atoms with Crippen LogP contribution in [-0.4, -0.2) is 37.6 Å². The smallest absolute Gasteiger partial charge is 0.0108 e. The molecule has 0 radical (unpaired) electrons. The lowest BCUT2D eigenvalue weighted by Gasteiger charge is -2.35. The van der Waals surface area contributed by atoms with Gasteiger partial charge in [-0.25, -0.2) is 0 Å². The first kappa shape index (κ1) is 15.5. The van der Waals surface area contributed by atoms with E-state index in [1.807, 2.05) is 0 Å². The van der Waals surface area contributed by atoms with Gasteiger partial charge in [0.05, 0.1) is 0 Å². The maximum Gasteiger partial charge on any atom is 0.0108 e. The predicted molar refractivity (Wildman–Crippen MR) is 87.3 cm³/mol. The molecular weight excluding hydrogens is 244 g/mol. The van der Waals surface area contributed by atoms with Gasteiger partial charge in [0.15, 0.2) is 0 Å². The first-order chi connectivity index (χ1) is 9.47. The number of nitrogens with zero attached hydrogens (tertiary/aromatic N) is 1. The molecule has 1 heterocycles. The highest BCUT2D eigenvalue weighted by molar-refractivity contribution is 5.28. The normalized spacial score (nSPS) is 17.6. The van der Waals surface area contributed by atoms with Gasteiger partial charge in [-0.05, 0) is 23.5 Å². The van der Waals surface area contributed by atoms with Crippen LogP contribution in [-0.2, 0) is 11.8 Å². The summed E-state index contributed by atoms with van der Waals surface area (Å²) < 4.78 is 0. The van der Waals surface area contributed by atoms with Crippen LogP contribution >= 0.6 is 0 Å². The molecule has 1 aliphatic rings. The third-order valence-electron chi connectivity index (χ3n) is 4.21. The van der Waals surface area contributed by atoms with Crippen molar-refractivity contribution >= 4 is 0 Å². The molecule has 0 saturated carbocycles. The molecule has 0 aromatic heterocycles. The predicted octanol–water partition coefficient (Wildman–Crippen LogP) is 3.07. The Morgan fingerprint density at radius 3 is 2.25 bits per heavy atom. The van der Waals surface area contributed by atoms with Gasteiger partial charge < -0.3 is 5.32 Å². The highest BCUT2D eigenvalue weighted by Gasteiger charge is 2.24. The molecule has 0 unspecified atom stereocenters. The molecule has 0 atom stereocenters. The van der Waals surface area contributed by atoms with Crippen LogP contribution < -0.4 is 5.32 Å². The molecule has 20 heavy (non-hydrogen) atoms. The molecule has 1 N–H and O–H groups in total. The molecule has 0 bridgehead atoms. The average molecular weight is 274 g/mol. The van der Waals surface area contributed by atoms with Gasteiger partial charge >= 0.3 is 0 Å². The van der Waals surface area contributed by atoms with Gasteiger partial charge in [-0.3, -0.25) is 4.90 Å². The fourth-order valence-corrected chi connectivity index (χ4v) is 3.08. The summed E-state index contributed by atoms with van der Waals surface area (Å²) >= 11 is 0. The fourth-order valence-electron chi connectivity index (χ4n) is 3.08. The van der Waals surface area contributed by atoms with Crippen LogP contribution in [0.4, 0.5) is 0 Å². The number of nitrogens with one attached hydrogen (secondary N) is 1. The molecular formula is C18H30N2. The van der Waals surface area contributed by atoms with E-state index in [1.165, 1.54) is 30.6 Å². The van der Waals surface area contributed by atoms with Gasteiger partial charge in [0.25, 0.3) is 0 Å². The Morgan fingerprint density at radius 2 is 1.70 bits per heavy atom. The lowest BCUT2D eigenvalue weighted by Crippen LogP contribution is -2.47. The van der Waals surface area contributed by atoms with Crippen molar-refractivity contribution in [1.29, 1.82) is 0 Å². The van der Waals surface area contributed by atoms with Crippen LogP contribution in [0, 0.1) is 5.92 Å². The number of hydrogen-bond donors (Lipinski definition) is 1. The highest BCUT2D eigenvalue weighted by Crippen LogP contribution is 2.25. The van der Waals surface area contributed by atoms with E-state index in [1.54, 1.807) is 0 Å². The van der Waals surface area contributed by atoms with E-state index < -0.39 is 0 Å². The van der Waals surface area contributed by atoms with E-state index in [4.69, 9.17) is 0 Å². The van der Waals surface area contributed by atoms with Crippen molar-refractivity contribution in [2.24, 2.45) is 5.92 Å². The molecule has 1 saturated heterocycles. The third-order valence-corrected chi connectivity index (χ3v) is 4.21. The minimum atomic E-state index is 0.230. The van der Waals surface area contributed by atoms with Crippen LogP contribution in [0.2, 0.25) is 0 Å². The second-order valence-corrected chi connectivity index (χ2v) is 7.20. The molecule has 0 spiro atoms. The Bertz CT molecular complexity index is 400. The second kappa shape index (κ2) is 6.73. The fraction of sp³-hybridized carbons (Fsp3) is 0.667. The van der Waals surface area contributed by atoms with Gasteiger partial charge in [0, 0.05) is 38.1 Å². The average Bonchev–Trinajstić information content (AvgIpc) is 2.39. The largest absolute Gasteiger partial charge is 0.314 e. The zero-order valence-corrected chi connectivity index (χ0v) is 13.6. The topological polar surface area (TPSA) is 15.3 Å². The van der Waals surface area contributed by atoms with Gasteiger partial charge in [-0.15, -0.1) is 0 Å². The molecule has 1 fully saturated rings. The molecule has 1 aliphatic heterocycles. The quantitative estimate of drug-likeness (QED) is 0.888. The molecule has 2 nitrogen and oxygen atoms in total. The Hall–Kier alpha value is -0.860. The Balaban J connectivity index is 2.00. The summed E-state index contributed by atoms with van der Waals surface area (Å²) in [5.74, 6) is 0.731. The Morgan fingerprint density at radius 1 is 1.10 bits per heavy atom. The summed E-state index contributed by atoms with van der Waals surface area (Å²) in [6, 6.07) is 9.30. The van der Waals surface area contributed by atoms with Gasteiger partial charge in [0.2, 0.25) is 0 Å². The Kier molecular flexibility index (Phi) is 5.22. The van der Waals surface area contributed by atoms with Crippen LogP contribution in [0.1, 0.15) is 38.8 Å².